The molecule has 0 radical (unpaired) electrons. The van der Waals surface area contributed by atoms with Crippen LogP contribution in [0.4, 0.5) is 17.1 Å². The number of thioether (sulfide) groups is 1. The van der Waals surface area contributed by atoms with Gasteiger partial charge in [0, 0.05) is 43.9 Å². The quantitative estimate of drug-likeness (QED) is 0.185. The number of furan rings is 1. The largest absolute Gasteiger partial charge is 0.456 e. The minimum atomic E-state index is 0.377. The van der Waals surface area contributed by atoms with Crippen molar-refractivity contribution in [2.24, 2.45) is 0 Å². The number of hydrogen-bond acceptors (Lipinski definition) is 3. The van der Waals surface area contributed by atoms with Gasteiger partial charge >= 0.3 is 0 Å². The van der Waals surface area contributed by atoms with Gasteiger partial charge < -0.3 is 9.32 Å². The van der Waals surface area contributed by atoms with Crippen molar-refractivity contribution in [1.29, 1.82) is 0 Å². The van der Waals surface area contributed by atoms with Gasteiger partial charge in [-0.25, -0.2) is 0 Å². The fourth-order valence-electron chi connectivity index (χ4n) is 7.77. The Labute approximate surface area is 290 Å². The average Bonchev–Trinajstić information content (AvgIpc) is 3.75. The molecule has 0 fully saturated rings. The van der Waals surface area contributed by atoms with E-state index in [0.717, 1.165) is 44.6 Å². The number of fused-ring (bicyclic) bond motifs is 8. The zero-order valence-electron chi connectivity index (χ0n) is 26.7. The van der Waals surface area contributed by atoms with Gasteiger partial charge in [-0.05, 0) is 93.5 Å². The molecule has 3 heteroatoms. The highest BCUT2D eigenvalue weighted by Crippen LogP contribution is 2.52. The molecule has 2 aliphatic rings. The summed E-state index contributed by atoms with van der Waals surface area (Å²) in [6.07, 6.45) is 4.73. The molecule has 0 N–H and O–H groups in total. The summed E-state index contributed by atoms with van der Waals surface area (Å²) >= 11 is 1.98. The SMILES string of the molecule is C1=CC2Sc3ccccc3C2c2ccc(N(c3ccc(-c4ccccc4)cc3)c3cccc(-c4cccc5oc6ccccc6c45)c3)cc21. The van der Waals surface area contributed by atoms with Gasteiger partial charge in [0.05, 0.1) is 0 Å². The Morgan fingerprint density at radius 2 is 1.22 bits per heavy atom. The van der Waals surface area contributed by atoms with Crippen LogP contribution in [0.2, 0.25) is 0 Å². The van der Waals surface area contributed by atoms with E-state index in [-0.39, 0.29) is 0 Å². The number of benzene rings is 7. The van der Waals surface area contributed by atoms with Crippen molar-refractivity contribution in [1.82, 2.24) is 0 Å². The molecule has 2 unspecified atom stereocenters. The Hall–Kier alpha value is -5.77. The van der Waals surface area contributed by atoms with Crippen molar-refractivity contribution in [2.45, 2.75) is 16.1 Å². The van der Waals surface area contributed by atoms with Gasteiger partial charge in [0.2, 0.25) is 0 Å². The van der Waals surface area contributed by atoms with Crippen molar-refractivity contribution in [3.05, 3.63) is 187 Å². The molecule has 2 nitrogen and oxygen atoms in total. The lowest BCUT2D eigenvalue weighted by atomic mass is 9.82. The van der Waals surface area contributed by atoms with E-state index in [0.29, 0.717) is 11.2 Å². The molecular weight excluding hydrogens is 615 g/mol. The number of nitrogens with zero attached hydrogens (tertiary/aromatic N) is 1. The van der Waals surface area contributed by atoms with Gasteiger partial charge in [-0.3, -0.25) is 0 Å². The number of rotatable bonds is 5. The molecule has 0 saturated heterocycles. The summed E-state index contributed by atoms with van der Waals surface area (Å²) in [5, 5.41) is 2.73. The lowest BCUT2D eigenvalue weighted by molar-refractivity contribution is 0.669. The van der Waals surface area contributed by atoms with E-state index in [4.69, 9.17) is 4.42 Å². The van der Waals surface area contributed by atoms with Gasteiger partial charge in [-0.1, -0.05) is 121 Å². The fourth-order valence-corrected chi connectivity index (χ4v) is 9.13. The van der Waals surface area contributed by atoms with E-state index < -0.39 is 0 Å². The topological polar surface area (TPSA) is 16.4 Å². The van der Waals surface area contributed by atoms with Crippen LogP contribution >= 0.6 is 11.8 Å². The van der Waals surface area contributed by atoms with Crippen LogP contribution in [0.1, 0.15) is 22.6 Å². The second kappa shape index (κ2) is 11.4. The molecule has 0 bridgehead atoms. The molecule has 2 atom stereocenters. The van der Waals surface area contributed by atoms with Crippen molar-refractivity contribution >= 4 is 56.8 Å². The summed E-state index contributed by atoms with van der Waals surface area (Å²) in [5.74, 6) is 0.377. The second-order valence-electron chi connectivity index (χ2n) is 12.8. The zero-order chi connectivity index (χ0) is 32.3. The minimum absolute atomic E-state index is 0.377. The number of para-hydroxylation sites is 1. The molecule has 1 aliphatic heterocycles. The molecule has 0 spiro atoms. The molecule has 1 aliphatic carbocycles. The van der Waals surface area contributed by atoms with Gasteiger partial charge in [0.1, 0.15) is 11.2 Å². The Morgan fingerprint density at radius 1 is 0.510 bits per heavy atom. The monoisotopic (exact) mass is 645 g/mol. The van der Waals surface area contributed by atoms with Crippen molar-refractivity contribution in [3.63, 3.8) is 0 Å². The molecule has 7 aromatic carbocycles. The van der Waals surface area contributed by atoms with Crippen molar-refractivity contribution in [2.75, 3.05) is 4.90 Å². The first-order valence-corrected chi connectivity index (χ1v) is 17.7. The molecule has 1 aromatic heterocycles. The zero-order valence-corrected chi connectivity index (χ0v) is 27.5. The summed E-state index contributed by atoms with van der Waals surface area (Å²) in [6.45, 7) is 0. The first-order chi connectivity index (χ1) is 24.3. The van der Waals surface area contributed by atoms with E-state index in [1.54, 1.807) is 0 Å². The maximum Gasteiger partial charge on any atom is 0.136 e. The third kappa shape index (κ3) is 4.73. The molecule has 0 saturated carbocycles. The average molecular weight is 646 g/mol. The Kier molecular flexibility index (Phi) is 6.60. The van der Waals surface area contributed by atoms with Gasteiger partial charge in [0.15, 0.2) is 0 Å². The number of anilines is 3. The Balaban J connectivity index is 1.12. The first kappa shape index (κ1) is 28.3. The fraction of sp³-hybridized carbons (Fsp3) is 0.0435. The van der Waals surface area contributed by atoms with Gasteiger partial charge in [-0.15, -0.1) is 11.8 Å². The standard InChI is InChI=1S/C46H31NOS/c1-2-10-30(11-3-1)31-20-23-34(24-21-31)47(36-25-26-38-33(29-36)22-27-44-46(38)40-15-5-7-19-43(40)49-44)35-13-8-12-32(28-35)37-16-9-18-42-45(37)39-14-4-6-17-41(39)48-42/h1-29,44,46H. The van der Waals surface area contributed by atoms with Crippen LogP contribution in [-0.4, -0.2) is 5.25 Å². The smallest absolute Gasteiger partial charge is 0.136 e. The minimum Gasteiger partial charge on any atom is -0.456 e. The van der Waals surface area contributed by atoms with Crippen LogP contribution in [0.3, 0.4) is 0 Å². The second-order valence-corrected chi connectivity index (χ2v) is 14.1. The molecule has 10 rings (SSSR count). The summed E-state index contributed by atoms with van der Waals surface area (Å²) in [4.78, 5) is 3.79. The van der Waals surface area contributed by atoms with E-state index in [2.05, 4.69) is 169 Å². The summed E-state index contributed by atoms with van der Waals surface area (Å²) in [5.41, 5.74) is 14.0. The number of hydrogen-bond donors (Lipinski definition) is 0. The lowest BCUT2D eigenvalue weighted by Gasteiger charge is -2.29. The summed E-state index contributed by atoms with van der Waals surface area (Å²) in [7, 11) is 0. The Bertz CT molecular complexity index is 2550. The van der Waals surface area contributed by atoms with E-state index in [9.17, 15) is 0 Å². The predicted octanol–water partition coefficient (Wildman–Crippen LogP) is 13.0. The first-order valence-electron chi connectivity index (χ1n) is 16.8. The maximum absolute atomic E-state index is 6.26. The third-order valence-electron chi connectivity index (χ3n) is 10.0. The highest BCUT2D eigenvalue weighted by molar-refractivity contribution is 8.00. The van der Waals surface area contributed by atoms with Crippen LogP contribution in [0.25, 0.3) is 50.3 Å². The van der Waals surface area contributed by atoms with Crippen LogP contribution in [-0.2, 0) is 0 Å². The predicted molar refractivity (Wildman–Crippen MR) is 206 cm³/mol. The van der Waals surface area contributed by atoms with E-state index >= 15 is 0 Å². The van der Waals surface area contributed by atoms with Gasteiger partial charge in [0.25, 0.3) is 0 Å². The van der Waals surface area contributed by atoms with Crippen LogP contribution in [0.5, 0.6) is 0 Å². The van der Waals surface area contributed by atoms with Crippen molar-refractivity contribution in [3.8, 4) is 22.3 Å². The van der Waals surface area contributed by atoms with E-state index in [1.165, 1.54) is 38.3 Å². The van der Waals surface area contributed by atoms with E-state index in [1.807, 2.05) is 23.9 Å². The highest BCUT2D eigenvalue weighted by Gasteiger charge is 2.36. The van der Waals surface area contributed by atoms with Crippen LogP contribution in [0, 0.1) is 0 Å². The van der Waals surface area contributed by atoms with Gasteiger partial charge in [-0.2, -0.15) is 0 Å². The van der Waals surface area contributed by atoms with Crippen LogP contribution in [0.15, 0.2) is 179 Å². The summed E-state index contributed by atoms with van der Waals surface area (Å²) < 4.78 is 6.26. The highest BCUT2D eigenvalue weighted by atomic mass is 32.2. The molecule has 49 heavy (non-hydrogen) atoms. The lowest BCUT2D eigenvalue weighted by Crippen LogP contribution is -2.16. The Morgan fingerprint density at radius 3 is 2.14 bits per heavy atom. The van der Waals surface area contributed by atoms with Crippen LogP contribution < -0.4 is 4.90 Å². The van der Waals surface area contributed by atoms with Crippen molar-refractivity contribution < 1.29 is 4.42 Å². The molecule has 2 heterocycles. The normalized spacial score (nSPS) is 16.0. The third-order valence-corrected chi connectivity index (χ3v) is 11.4. The molecule has 0 amide bonds. The molecule has 8 aromatic rings. The maximum atomic E-state index is 6.26. The molecular formula is C46H31NOS. The summed E-state index contributed by atoms with van der Waals surface area (Å²) in [6, 6.07) is 59.1. The molecule has 232 valence electrons.